The van der Waals surface area contributed by atoms with Crippen LogP contribution in [0.1, 0.15) is 4.88 Å². The number of amides is 2. The van der Waals surface area contributed by atoms with Crippen LogP contribution in [-0.4, -0.2) is 45.2 Å². The van der Waals surface area contributed by atoms with Crippen LogP contribution in [0.2, 0.25) is 0 Å². The zero-order valence-electron chi connectivity index (χ0n) is 16.2. The minimum atomic E-state index is -0.433. The third-order valence-corrected chi connectivity index (χ3v) is 5.08. The van der Waals surface area contributed by atoms with Crippen molar-refractivity contribution in [3.63, 3.8) is 0 Å². The van der Waals surface area contributed by atoms with E-state index in [1.54, 1.807) is 45.4 Å². The third kappa shape index (κ3) is 4.77. The van der Waals surface area contributed by atoms with Gasteiger partial charge < -0.3 is 10.2 Å². The Kier molecular flexibility index (Phi) is 5.92. The van der Waals surface area contributed by atoms with Crippen molar-refractivity contribution in [1.82, 2.24) is 19.2 Å². The summed E-state index contributed by atoms with van der Waals surface area (Å²) in [5.74, 6) is -0.658. The Morgan fingerprint density at radius 2 is 1.86 bits per heavy atom. The SMILES string of the molecule is Cc1sc(=O)n(CC(=O)Nc2ccn(CC(=O)N(C)C)n2)c1-c1ccc(F)cc1. The first kappa shape index (κ1) is 20.5. The van der Waals surface area contributed by atoms with Gasteiger partial charge in [-0.3, -0.25) is 23.6 Å². The van der Waals surface area contributed by atoms with E-state index in [1.807, 2.05) is 0 Å². The maximum absolute atomic E-state index is 13.2. The number of nitrogens with one attached hydrogen (secondary N) is 1. The summed E-state index contributed by atoms with van der Waals surface area (Å²) in [5, 5.41) is 6.77. The van der Waals surface area contributed by atoms with Gasteiger partial charge in [0.05, 0.1) is 5.69 Å². The van der Waals surface area contributed by atoms with Crippen LogP contribution in [0.3, 0.4) is 0 Å². The van der Waals surface area contributed by atoms with Crippen LogP contribution in [0.25, 0.3) is 11.3 Å². The number of thiazole rings is 1. The zero-order valence-corrected chi connectivity index (χ0v) is 17.0. The Hall–Kier alpha value is -3.27. The summed E-state index contributed by atoms with van der Waals surface area (Å²) in [5.41, 5.74) is 1.23. The molecule has 29 heavy (non-hydrogen) atoms. The van der Waals surface area contributed by atoms with E-state index in [4.69, 9.17) is 0 Å². The molecule has 0 aliphatic heterocycles. The molecule has 0 saturated carbocycles. The van der Waals surface area contributed by atoms with E-state index in [0.717, 1.165) is 16.2 Å². The first-order valence-corrected chi connectivity index (χ1v) is 9.56. The number of aryl methyl sites for hydroxylation is 1. The summed E-state index contributed by atoms with van der Waals surface area (Å²) < 4.78 is 16.0. The Labute approximate surface area is 170 Å². The Morgan fingerprint density at radius 3 is 2.52 bits per heavy atom. The second kappa shape index (κ2) is 8.39. The third-order valence-electron chi connectivity index (χ3n) is 4.19. The monoisotopic (exact) mass is 417 g/mol. The smallest absolute Gasteiger partial charge is 0.308 e. The molecule has 2 aromatic heterocycles. The number of hydrogen-bond acceptors (Lipinski definition) is 5. The molecule has 3 rings (SSSR count). The van der Waals surface area contributed by atoms with Gasteiger partial charge in [-0.25, -0.2) is 4.39 Å². The fourth-order valence-corrected chi connectivity index (χ4v) is 3.60. The fourth-order valence-electron chi connectivity index (χ4n) is 2.75. The molecule has 1 aromatic carbocycles. The number of hydrogen-bond donors (Lipinski definition) is 1. The molecule has 0 saturated heterocycles. The van der Waals surface area contributed by atoms with Crippen molar-refractivity contribution in [3.05, 3.63) is 56.9 Å². The highest BCUT2D eigenvalue weighted by Crippen LogP contribution is 2.25. The van der Waals surface area contributed by atoms with Gasteiger partial charge in [0.25, 0.3) is 0 Å². The lowest BCUT2D eigenvalue weighted by Crippen LogP contribution is -2.27. The summed E-state index contributed by atoms with van der Waals surface area (Å²) in [4.78, 5) is 38.5. The first-order chi connectivity index (χ1) is 13.7. The number of rotatable bonds is 6. The molecule has 0 bridgehead atoms. The lowest BCUT2D eigenvalue weighted by Gasteiger charge is -2.10. The molecule has 0 aliphatic carbocycles. The highest BCUT2D eigenvalue weighted by atomic mass is 32.1. The van der Waals surface area contributed by atoms with Crippen LogP contribution in [0, 0.1) is 12.7 Å². The van der Waals surface area contributed by atoms with Crippen LogP contribution in [0.4, 0.5) is 10.2 Å². The molecule has 0 atom stereocenters. The first-order valence-electron chi connectivity index (χ1n) is 8.74. The van der Waals surface area contributed by atoms with Crippen LogP contribution in [0.5, 0.6) is 0 Å². The summed E-state index contributed by atoms with van der Waals surface area (Å²) in [6.45, 7) is 1.63. The normalized spacial score (nSPS) is 10.8. The molecule has 0 aliphatic rings. The number of anilines is 1. The second-order valence-corrected chi connectivity index (χ2v) is 7.77. The lowest BCUT2D eigenvalue weighted by molar-refractivity contribution is -0.129. The van der Waals surface area contributed by atoms with E-state index in [2.05, 4.69) is 10.4 Å². The number of carbonyl (C=O) groups excluding carboxylic acids is 2. The van der Waals surface area contributed by atoms with Gasteiger partial charge in [0, 0.05) is 31.2 Å². The van der Waals surface area contributed by atoms with E-state index < -0.39 is 5.91 Å². The minimum Gasteiger partial charge on any atom is -0.347 e. The molecule has 10 heteroatoms. The quantitative estimate of drug-likeness (QED) is 0.664. The minimum absolute atomic E-state index is 0.0563. The number of carbonyl (C=O) groups is 2. The van der Waals surface area contributed by atoms with E-state index in [9.17, 15) is 18.8 Å². The van der Waals surface area contributed by atoms with Gasteiger partial charge in [-0.15, -0.1) is 0 Å². The van der Waals surface area contributed by atoms with Crippen LogP contribution in [0.15, 0.2) is 41.3 Å². The van der Waals surface area contributed by atoms with Gasteiger partial charge in [-0.2, -0.15) is 5.10 Å². The Bertz CT molecular complexity index is 1100. The predicted molar refractivity (Wildman–Crippen MR) is 108 cm³/mol. The summed E-state index contributed by atoms with van der Waals surface area (Å²) in [7, 11) is 3.29. The number of likely N-dealkylation sites (N-methyl/N-ethyl adjacent to an activating group) is 1. The molecular formula is C19H20FN5O3S. The van der Waals surface area contributed by atoms with Crippen molar-refractivity contribution in [2.45, 2.75) is 20.0 Å². The Balaban J connectivity index is 1.75. The van der Waals surface area contributed by atoms with E-state index in [-0.39, 0.29) is 35.5 Å². The van der Waals surface area contributed by atoms with Crippen molar-refractivity contribution in [1.29, 1.82) is 0 Å². The van der Waals surface area contributed by atoms with Gasteiger partial charge in [0.15, 0.2) is 5.82 Å². The highest BCUT2D eigenvalue weighted by Gasteiger charge is 2.17. The standard InChI is InChI=1S/C19H20FN5O3S/c1-12-18(13-4-6-14(20)7-5-13)25(19(28)29-12)10-16(26)21-15-8-9-24(22-15)11-17(27)23(2)3/h4-9H,10-11H2,1-3H3,(H,21,22,26). The molecule has 8 nitrogen and oxygen atoms in total. The predicted octanol–water partition coefficient (Wildman–Crippen LogP) is 1.95. The van der Waals surface area contributed by atoms with E-state index in [1.165, 1.54) is 26.3 Å². The lowest BCUT2D eigenvalue weighted by atomic mass is 10.1. The van der Waals surface area contributed by atoms with Crippen molar-refractivity contribution in [2.24, 2.45) is 0 Å². The number of benzene rings is 1. The summed E-state index contributed by atoms with van der Waals surface area (Å²) in [6, 6.07) is 7.33. The fraction of sp³-hybridized carbons (Fsp3) is 0.263. The van der Waals surface area contributed by atoms with E-state index >= 15 is 0 Å². The van der Waals surface area contributed by atoms with Crippen molar-refractivity contribution < 1.29 is 14.0 Å². The highest BCUT2D eigenvalue weighted by molar-refractivity contribution is 7.09. The largest absolute Gasteiger partial charge is 0.347 e. The number of halogens is 1. The van der Waals surface area contributed by atoms with Crippen LogP contribution in [-0.2, 0) is 22.7 Å². The second-order valence-electron chi connectivity index (χ2n) is 6.60. The average Bonchev–Trinajstić information content (AvgIpc) is 3.19. The molecule has 0 radical (unpaired) electrons. The molecule has 152 valence electrons. The van der Waals surface area contributed by atoms with Crippen molar-refractivity contribution in [2.75, 3.05) is 19.4 Å². The van der Waals surface area contributed by atoms with Crippen LogP contribution >= 0.6 is 11.3 Å². The maximum Gasteiger partial charge on any atom is 0.308 e. The van der Waals surface area contributed by atoms with E-state index in [0.29, 0.717) is 11.3 Å². The maximum atomic E-state index is 13.2. The molecule has 3 aromatic rings. The number of nitrogens with zero attached hydrogens (tertiary/aromatic N) is 4. The molecule has 2 amide bonds. The molecule has 0 spiro atoms. The van der Waals surface area contributed by atoms with Gasteiger partial charge in [-0.1, -0.05) is 11.3 Å². The van der Waals surface area contributed by atoms with Crippen molar-refractivity contribution in [3.8, 4) is 11.3 Å². The Morgan fingerprint density at radius 1 is 1.17 bits per heavy atom. The molecule has 1 N–H and O–H groups in total. The molecule has 0 fully saturated rings. The topological polar surface area (TPSA) is 89.2 Å². The van der Waals surface area contributed by atoms with Crippen molar-refractivity contribution >= 4 is 29.0 Å². The summed E-state index contributed by atoms with van der Waals surface area (Å²) >= 11 is 1.03. The molecule has 0 unspecified atom stereocenters. The van der Waals surface area contributed by atoms with Gasteiger partial charge in [-0.05, 0) is 36.8 Å². The van der Waals surface area contributed by atoms with Gasteiger partial charge in [0.1, 0.15) is 18.9 Å². The summed E-state index contributed by atoms with van der Waals surface area (Å²) in [6.07, 6.45) is 1.59. The van der Waals surface area contributed by atoms with Gasteiger partial charge >= 0.3 is 4.87 Å². The average molecular weight is 417 g/mol. The van der Waals surface area contributed by atoms with Crippen LogP contribution < -0.4 is 10.2 Å². The molecular weight excluding hydrogens is 397 g/mol. The molecule has 2 heterocycles. The number of aromatic nitrogens is 3. The zero-order chi connectivity index (χ0) is 21.1. The van der Waals surface area contributed by atoms with Gasteiger partial charge in [0.2, 0.25) is 11.8 Å².